The minimum absolute atomic E-state index is 0. The van der Waals surface area contributed by atoms with Gasteiger partial charge in [-0.1, -0.05) is 30.0 Å². The lowest BCUT2D eigenvalue weighted by Crippen LogP contribution is -1.99. The molecule has 1 aromatic carbocycles. The molecule has 0 radical (unpaired) electrons. The van der Waals surface area contributed by atoms with Crippen LogP contribution in [0.5, 0.6) is 0 Å². The highest BCUT2D eigenvalue weighted by molar-refractivity contribution is 7.99. The lowest BCUT2D eigenvalue weighted by atomic mass is 10.3. The molecule has 5 heteroatoms. The predicted molar refractivity (Wildman–Crippen MR) is 69.0 cm³/mol. The Morgan fingerprint density at radius 3 is 2.47 bits per heavy atom. The molecule has 88 valence electrons. The smallest absolute Gasteiger partial charge is 0.338 e. The molecule has 1 aromatic heterocycles. The van der Waals surface area contributed by atoms with Gasteiger partial charge < -0.3 is 5.11 Å². The van der Waals surface area contributed by atoms with Crippen molar-refractivity contribution < 1.29 is 9.90 Å². The number of hydrogen-bond acceptors (Lipinski definition) is 3. The highest BCUT2D eigenvalue weighted by atomic mass is 35.5. The maximum Gasteiger partial charge on any atom is 0.338 e. The molecule has 0 atom stereocenters. The van der Waals surface area contributed by atoms with Crippen LogP contribution in [-0.2, 0) is 0 Å². The average molecular weight is 268 g/mol. The minimum atomic E-state index is -0.952. The summed E-state index contributed by atoms with van der Waals surface area (Å²) in [6.45, 7) is 0. The third-order valence-electron chi connectivity index (χ3n) is 1.96. The van der Waals surface area contributed by atoms with Gasteiger partial charge in [0, 0.05) is 11.1 Å². The number of pyridine rings is 1. The number of benzene rings is 1. The summed E-state index contributed by atoms with van der Waals surface area (Å²) in [6, 6.07) is 12.8. The van der Waals surface area contributed by atoms with E-state index in [-0.39, 0.29) is 18.0 Å². The van der Waals surface area contributed by atoms with Crippen LogP contribution in [0.2, 0.25) is 0 Å². The van der Waals surface area contributed by atoms with E-state index in [1.165, 1.54) is 11.8 Å². The molecule has 0 fully saturated rings. The van der Waals surface area contributed by atoms with Crippen molar-refractivity contribution in [2.24, 2.45) is 0 Å². The Balaban J connectivity index is 0.00000144. The summed E-state index contributed by atoms with van der Waals surface area (Å²) < 4.78 is 0. The lowest BCUT2D eigenvalue weighted by Gasteiger charge is -2.03. The van der Waals surface area contributed by atoms with Crippen molar-refractivity contribution in [3.8, 4) is 0 Å². The topological polar surface area (TPSA) is 50.2 Å². The number of rotatable bonds is 3. The molecule has 0 bridgehead atoms. The van der Waals surface area contributed by atoms with Crippen LogP contribution in [0, 0.1) is 0 Å². The maximum atomic E-state index is 11.0. The second kappa shape index (κ2) is 6.27. The zero-order chi connectivity index (χ0) is 11.4. The molecule has 0 spiro atoms. The fourth-order valence-electron chi connectivity index (χ4n) is 1.24. The number of hydrogen-bond donors (Lipinski definition) is 1. The molecule has 3 nitrogen and oxygen atoms in total. The Bertz CT molecular complexity index is 505. The number of carbonyl (C=O) groups is 1. The van der Waals surface area contributed by atoms with Gasteiger partial charge in [0.2, 0.25) is 0 Å². The summed E-state index contributed by atoms with van der Waals surface area (Å²) in [7, 11) is 0. The second-order valence-electron chi connectivity index (χ2n) is 3.08. The molecule has 0 unspecified atom stereocenters. The minimum Gasteiger partial charge on any atom is -0.478 e. The molecule has 0 saturated carbocycles. The molecule has 2 aromatic rings. The van der Waals surface area contributed by atoms with E-state index in [4.69, 9.17) is 5.11 Å². The van der Waals surface area contributed by atoms with Gasteiger partial charge in [0.05, 0.1) is 5.56 Å². The van der Waals surface area contributed by atoms with Gasteiger partial charge in [-0.05, 0) is 24.3 Å². The highest BCUT2D eigenvalue weighted by Gasteiger charge is 2.11. The van der Waals surface area contributed by atoms with Crippen molar-refractivity contribution in [2.75, 3.05) is 0 Å². The summed E-state index contributed by atoms with van der Waals surface area (Å²) >= 11 is 1.35. The van der Waals surface area contributed by atoms with Crippen molar-refractivity contribution >= 4 is 30.1 Å². The first-order valence-electron chi connectivity index (χ1n) is 4.68. The third-order valence-corrected chi connectivity index (χ3v) is 2.99. The van der Waals surface area contributed by atoms with Crippen LogP contribution in [-0.4, -0.2) is 16.1 Å². The molecule has 0 saturated heterocycles. The Hall–Kier alpha value is -1.52. The number of aromatic nitrogens is 1. The van der Waals surface area contributed by atoms with Crippen LogP contribution in [0.25, 0.3) is 0 Å². The fourth-order valence-corrected chi connectivity index (χ4v) is 2.13. The van der Waals surface area contributed by atoms with Crippen molar-refractivity contribution in [3.05, 3.63) is 54.2 Å². The largest absolute Gasteiger partial charge is 0.478 e. The van der Waals surface area contributed by atoms with Gasteiger partial charge in [0.15, 0.2) is 0 Å². The molecular weight excluding hydrogens is 258 g/mol. The maximum absolute atomic E-state index is 11.0. The SMILES string of the molecule is Cl.O=C(O)c1cccnc1Sc1ccccc1. The predicted octanol–water partition coefficient (Wildman–Crippen LogP) is 3.35. The van der Waals surface area contributed by atoms with E-state index < -0.39 is 5.97 Å². The van der Waals surface area contributed by atoms with E-state index in [9.17, 15) is 4.79 Å². The van der Waals surface area contributed by atoms with Crippen LogP contribution >= 0.6 is 24.2 Å². The Kier molecular flexibility index (Phi) is 5.00. The van der Waals surface area contributed by atoms with Crippen molar-refractivity contribution in [3.63, 3.8) is 0 Å². The van der Waals surface area contributed by atoms with E-state index in [0.717, 1.165) is 4.90 Å². The molecule has 0 amide bonds. The van der Waals surface area contributed by atoms with Gasteiger partial charge in [-0.25, -0.2) is 9.78 Å². The van der Waals surface area contributed by atoms with Gasteiger partial charge in [0.25, 0.3) is 0 Å². The molecule has 0 aliphatic carbocycles. The first-order valence-corrected chi connectivity index (χ1v) is 5.50. The molecular formula is C12H10ClNO2S. The van der Waals surface area contributed by atoms with Crippen molar-refractivity contribution in [1.82, 2.24) is 4.98 Å². The van der Waals surface area contributed by atoms with E-state index in [0.29, 0.717) is 5.03 Å². The zero-order valence-corrected chi connectivity index (χ0v) is 10.4. The summed E-state index contributed by atoms with van der Waals surface area (Å²) in [5.74, 6) is -0.952. The van der Waals surface area contributed by atoms with E-state index in [1.807, 2.05) is 30.3 Å². The van der Waals surface area contributed by atoms with Crippen LogP contribution < -0.4 is 0 Å². The third kappa shape index (κ3) is 3.47. The van der Waals surface area contributed by atoms with E-state index >= 15 is 0 Å². The van der Waals surface area contributed by atoms with Crippen molar-refractivity contribution in [2.45, 2.75) is 9.92 Å². The lowest BCUT2D eigenvalue weighted by molar-refractivity contribution is 0.0692. The zero-order valence-electron chi connectivity index (χ0n) is 8.74. The number of halogens is 1. The standard InChI is InChI=1S/C12H9NO2S.ClH/c14-12(15)10-7-4-8-13-11(10)16-9-5-2-1-3-6-9;/h1-8H,(H,14,15);1H. The molecule has 2 rings (SSSR count). The van der Waals surface area contributed by atoms with Crippen LogP contribution in [0.4, 0.5) is 0 Å². The normalized spacial score (nSPS) is 9.41. The molecule has 0 aliphatic rings. The Labute approximate surface area is 109 Å². The van der Waals surface area contributed by atoms with Crippen LogP contribution in [0.15, 0.2) is 58.6 Å². The Morgan fingerprint density at radius 1 is 1.12 bits per heavy atom. The number of nitrogens with zero attached hydrogens (tertiary/aromatic N) is 1. The first-order chi connectivity index (χ1) is 7.77. The number of carboxylic acids is 1. The molecule has 17 heavy (non-hydrogen) atoms. The fraction of sp³-hybridized carbons (Fsp3) is 0. The van der Waals surface area contributed by atoms with Gasteiger partial charge >= 0.3 is 5.97 Å². The molecule has 0 aliphatic heterocycles. The highest BCUT2D eigenvalue weighted by Crippen LogP contribution is 2.28. The summed E-state index contributed by atoms with van der Waals surface area (Å²) in [4.78, 5) is 16.0. The average Bonchev–Trinajstić information content (AvgIpc) is 2.31. The van der Waals surface area contributed by atoms with E-state index in [2.05, 4.69) is 4.98 Å². The summed E-state index contributed by atoms with van der Waals surface area (Å²) in [5.41, 5.74) is 0.233. The van der Waals surface area contributed by atoms with Gasteiger partial charge in [0.1, 0.15) is 5.03 Å². The second-order valence-corrected chi connectivity index (χ2v) is 4.14. The van der Waals surface area contributed by atoms with Gasteiger partial charge in [-0.3, -0.25) is 0 Å². The van der Waals surface area contributed by atoms with Crippen molar-refractivity contribution in [1.29, 1.82) is 0 Å². The molecule has 1 heterocycles. The van der Waals surface area contributed by atoms with Gasteiger partial charge in [-0.2, -0.15) is 0 Å². The summed E-state index contributed by atoms with van der Waals surface area (Å²) in [5, 5.41) is 9.51. The van der Waals surface area contributed by atoms with Gasteiger partial charge in [-0.15, -0.1) is 12.4 Å². The number of aromatic carboxylic acids is 1. The Morgan fingerprint density at radius 2 is 1.82 bits per heavy atom. The monoisotopic (exact) mass is 267 g/mol. The summed E-state index contributed by atoms with van der Waals surface area (Å²) in [6.07, 6.45) is 1.59. The quantitative estimate of drug-likeness (QED) is 0.927. The van der Waals surface area contributed by atoms with Crippen LogP contribution in [0.1, 0.15) is 10.4 Å². The number of carboxylic acid groups (broad SMARTS) is 1. The van der Waals surface area contributed by atoms with E-state index in [1.54, 1.807) is 18.3 Å². The molecule has 1 N–H and O–H groups in total. The van der Waals surface area contributed by atoms with Crippen LogP contribution in [0.3, 0.4) is 0 Å². The first kappa shape index (κ1) is 13.5.